The highest BCUT2D eigenvalue weighted by Crippen LogP contribution is 2.32. The number of hydrogen-bond acceptors (Lipinski definition) is 3. The molecule has 0 saturated heterocycles. The highest BCUT2D eigenvalue weighted by atomic mass is 32.2. The molecule has 0 bridgehead atoms. The van der Waals surface area contributed by atoms with Gasteiger partial charge in [0.1, 0.15) is 0 Å². The molecule has 2 rings (SSSR count). The molecule has 1 amide bonds. The molecule has 2 N–H and O–H groups in total. The van der Waals surface area contributed by atoms with E-state index in [1.54, 1.807) is 0 Å². The van der Waals surface area contributed by atoms with Gasteiger partial charge in [0.25, 0.3) is 5.91 Å². The smallest absolute Gasteiger partial charge is 0.256 e. The summed E-state index contributed by atoms with van der Waals surface area (Å²) in [4.78, 5) is 14.0. The largest absolute Gasteiger partial charge is 0.365 e. The Morgan fingerprint density at radius 2 is 2.12 bits per heavy atom. The lowest BCUT2D eigenvalue weighted by Crippen LogP contribution is -2.18. The second-order valence-corrected chi connectivity index (χ2v) is 4.69. The van der Waals surface area contributed by atoms with Crippen LogP contribution in [0.1, 0.15) is 12.5 Å². The molecule has 0 aromatic heterocycles. The number of hydrogen-bond donors (Lipinski definition) is 1. The van der Waals surface area contributed by atoms with Gasteiger partial charge >= 0.3 is 0 Å². The molecule has 1 aromatic rings. The number of rotatable bonds is 3. The van der Waals surface area contributed by atoms with E-state index in [9.17, 15) is 4.79 Å². The van der Waals surface area contributed by atoms with Crippen LogP contribution in [0.4, 0.5) is 0 Å². The Morgan fingerprint density at radius 1 is 1.44 bits per heavy atom. The Balaban J connectivity index is 2.11. The van der Waals surface area contributed by atoms with E-state index in [0.29, 0.717) is 4.91 Å². The summed E-state index contributed by atoms with van der Waals surface area (Å²) in [5.74, 6) is 0.483. The Labute approximate surface area is 99.3 Å². The van der Waals surface area contributed by atoms with Crippen molar-refractivity contribution in [2.45, 2.75) is 13.5 Å². The van der Waals surface area contributed by atoms with Crippen molar-refractivity contribution in [3.8, 4) is 0 Å². The number of thioether (sulfide) groups is 1. The highest BCUT2D eigenvalue weighted by molar-refractivity contribution is 8.04. The minimum atomic E-state index is -0.321. The normalized spacial score (nSPS) is 15.7. The number of amides is 1. The fourth-order valence-corrected chi connectivity index (χ4v) is 2.75. The van der Waals surface area contributed by atoms with E-state index < -0.39 is 0 Å². The third-order valence-electron chi connectivity index (χ3n) is 2.61. The first kappa shape index (κ1) is 11.1. The molecule has 1 aliphatic rings. The number of primary amides is 1. The van der Waals surface area contributed by atoms with Crippen molar-refractivity contribution in [3.63, 3.8) is 0 Å². The van der Waals surface area contributed by atoms with Crippen LogP contribution in [-0.2, 0) is 11.3 Å². The topological polar surface area (TPSA) is 46.3 Å². The molecule has 3 nitrogen and oxygen atoms in total. The van der Waals surface area contributed by atoms with E-state index in [2.05, 4.69) is 17.0 Å². The van der Waals surface area contributed by atoms with Gasteiger partial charge in [0.15, 0.2) is 0 Å². The van der Waals surface area contributed by atoms with Crippen molar-refractivity contribution in [2.24, 2.45) is 5.73 Å². The first-order valence-electron chi connectivity index (χ1n) is 5.11. The number of carbonyl (C=O) groups is 1. The van der Waals surface area contributed by atoms with Crippen molar-refractivity contribution in [1.82, 2.24) is 4.90 Å². The predicted molar refractivity (Wildman–Crippen MR) is 66.3 cm³/mol. The van der Waals surface area contributed by atoms with Gasteiger partial charge in [-0.25, -0.2) is 0 Å². The average Bonchev–Trinajstić information content (AvgIpc) is 2.62. The van der Waals surface area contributed by atoms with Gasteiger partial charge in [-0.1, -0.05) is 42.1 Å². The Kier molecular flexibility index (Phi) is 3.19. The Morgan fingerprint density at radius 3 is 2.69 bits per heavy atom. The van der Waals surface area contributed by atoms with E-state index >= 15 is 0 Å². The van der Waals surface area contributed by atoms with E-state index in [0.717, 1.165) is 18.1 Å². The molecule has 0 saturated carbocycles. The maximum absolute atomic E-state index is 11.1. The molecule has 1 heterocycles. The lowest BCUT2D eigenvalue weighted by Gasteiger charge is -2.18. The summed E-state index contributed by atoms with van der Waals surface area (Å²) in [6.07, 6.45) is 0. The fraction of sp³-hybridized carbons (Fsp3) is 0.250. The monoisotopic (exact) mass is 234 g/mol. The van der Waals surface area contributed by atoms with E-state index in [1.165, 1.54) is 17.3 Å². The van der Waals surface area contributed by atoms with E-state index in [4.69, 9.17) is 5.73 Å². The van der Waals surface area contributed by atoms with Gasteiger partial charge in [-0.3, -0.25) is 4.79 Å². The summed E-state index contributed by atoms with van der Waals surface area (Å²) < 4.78 is 0. The second kappa shape index (κ2) is 4.61. The van der Waals surface area contributed by atoms with Crippen LogP contribution in [0.2, 0.25) is 0 Å². The lowest BCUT2D eigenvalue weighted by molar-refractivity contribution is -0.114. The quantitative estimate of drug-likeness (QED) is 0.869. The van der Waals surface area contributed by atoms with Crippen LogP contribution >= 0.6 is 11.8 Å². The highest BCUT2D eigenvalue weighted by Gasteiger charge is 2.22. The van der Waals surface area contributed by atoms with Crippen molar-refractivity contribution < 1.29 is 4.79 Å². The number of benzene rings is 1. The molecule has 1 aliphatic heterocycles. The number of nitrogens with two attached hydrogens (primary N) is 1. The number of nitrogens with zero attached hydrogens (tertiary/aromatic N) is 1. The van der Waals surface area contributed by atoms with Gasteiger partial charge < -0.3 is 10.6 Å². The second-order valence-electron chi connectivity index (χ2n) is 3.74. The number of carbonyl (C=O) groups excluding carboxylic acids is 1. The summed E-state index contributed by atoms with van der Waals surface area (Å²) in [6.45, 7) is 2.78. The maximum atomic E-state index is 11.1. The predicted octanol–water partition coefficient (Wildman–Crippen LogP) is 1.91. The summed E-state index contributed by atoms with van der Waals surface area (Å²) in [5, 5.41) is 0. The van der Waals surface area contributed by atoms with Gasteiger partial charge in [0, 0.05) is 12.2 Å². The first-order valence-corrected chi connectivity index (χ1v) is 6.09. The summed E-state index contributed by atoms with van der Waals surface area (Å²) >= 11 is 1.52. The van der Waals surface area contributed by atoms with Crippen molar-refractivity contribution in [2.75, 3.05) is 5.88 Å². The number of allylic oxidation sites excluding steroid dienone is 1. The average molecular weight is 234 g/mol. The molecule has 0 spiro atoms. The fourth-order valence-electron chi connectivity index (χ4n) is 1.70. The van der Waals surface area contributed by atoms with Crippen LogP contribution in [-0.4, -0.2) is 16.7 Å². The lowest BCUT2D eigenvalue weighted by atomic mass is 10.2. The van der Waals surface area contributed by atoms with Gasteiger partial charge in [-0.2, -0.15) is 0 Å². The molecule has 4 heteroatoms. The van der Waals surface area contributed by atoms with Gasteiger partial charge in [-0.05, 0) is 12.5 Å². The molecule has 0 aliphatic carbocycles. The van der Waals surface area contributed by atoms with Crippen molar-refractivity contribution in [1.29, 1.82) is 0 Å². The van der Waals surface area contributed by atoms with Crippen LogP contribution in [0.15, 0.2) is 40.9 Å². The molecule has 0 atom stereocenters. The molecule has 0 radical (unpaired) electrons. The van der Waals surface area contributed by atoms with Crippen LogP contribution in [0.3, 0.4) is 0 Å². The van der Waals surface area contributed by atoms with Crippen molar-refractivity contribution >= 4 is 17.7 Å². The standard InChI is InChI=1S/C12H14N2OS/c1-9-11(12(13)15)16-8-14(9)7-10-5-3-2-4-6-10/h2-6H,7-8H2,1H3,(H2,13,15). The third kappa shape index (κ3) is 2.22. The van der Waals surface area contributed by atoms with E-state index in [-0.39, 0.29) is 5.91 Å². The molecule has 16 heavy (non-hydrogen) atoms. The molecule has 1 aromatic carbocycles. The minimum absolute atomic E-state index is 0.321. The molecule has 84 valence electrons. The van der Waals surface area contributed by atoms with Gasteiger partial charge in [0.05, 0.1) is 10.8 Å². The Bertz CT molecular complexity index is 428. The SMILES string of the molecule is CC1=C(C(N)=O)SCN1Cc1ccccc1. The van der Waals surface area contributed by atoms with Crippen LogP contribution in [0.5, 0.6) is 0 Å². The zero-order valence-corrected chi connectivity index (χ0v) is 9.96. The van der Waals surface area contributed by atoms with Gasteiger partial charge in [0.2, 0.25) is 0 Å². The minimum Gasteiger partial charge on any atom is -0.365 e. The molecular formula is C12H14N2OS. The molecule has 0 unspecified atom stereocenters. The molecule has 0 fully saturated rings. The summed E-state index contributed by atoms with van der Waals surface area (Å²) in [5.41, 5.74) is 7.53. The Hall–Kier alpha value is -1.42. The zero-order chi connectivity index (χ0) is 11.5. The maximum Gasteiger partial charge on any atom is 0.256 e. The zero-order valence-electron chi connectivity index (χ0n) is 9.14. The van der Waals surface area contributed by atoms with Crippen LogP contribution < -0.4 is 5.73 Å². The van der Waals surface area contributed by atoms with Crippen LogP contribution in [0, 0.1) is 0 Å². The summed E-state index contributed by atoms with van der Waals surface area (Å²) in [6, 6.07) is 10.2. The third-order valence-corrected chi connectivity index (χ3v) is 3.83. The van der Waals surface area contributed by atoms with E-state index in [1.807, 2.05) is 25.1 Å². The van der Waals surface area contributed by atoms with Crippen molar-refractivity contribution in [3.05, 3.63) is 46.5 Å². The first-order chi connectivity index (χ1) is 7.68. The van der Waals surface area contributed by atoms with Crippen LogP contribution in [0.25, 0.3) is 0 Å². The summed E-state index contributed by atoms with van der Waals surface area (Å²) in [7, 11) is 0. The van der Waals surface area contributed by atoms with Gasteiger partial charge in [-0.15, -0.1) is 0 Å². The molecular weight excluding hydrogens is 220 g/mol.